The molecule has 1 saturated carbocycles. The van der Waals surface area contributed by atoms with Crippen molar-refractivity contribution in [2.45, 2.75) is 19.3 Å². The van der Waals surface area contributed by atoms with Crippen LogP contribution in [0, 0.1) is 5.92 Å². The predicted octanol–water partition coefficient (Wildman–Crippen LogP) is 1.91. The Morgan fingerprint density at radius 2 is 2.10 bits per heavy atom. The van der Waals surface area contributed by atoms with Gasteiger partial charge in [0.15, 0.2) is 0 Å². The van der Waals surface area contributed by atoms with Gasteiger partial charge in [-0.1, -0.05) is 12.1 Å². The lowest BCUT2D eigenvalue weighted by atomic mass is 10.1. The lowest BCUT2D eigenvalue weighted by molar-refractivity contribution is 0.0761. The van der Waals surface area contributed by atoms with E-state index in [9.17, 15) is 4.79 Å². The van der Waals surface area contributed by atoms with Gasteiger partial charge in [-0.25, -0.2) is 0 Å². The first-order chi connectivity index (χ1) is 9.84. The fourth-order valence-corrected chi connectivity index (χ4v) is 2.48. The molecular weight excluding hydrogens is 252 g/mol. The molecule has 1 saturated heterocycles. The third-order valence-corrected chi connectivity index (χ3v) is 3.92. The van der Waals surface area contributed by atoms with E-state index in [0.717, 1.165) is 45.0 Å². The zero-order chi connectivity index (χ0) is 13.8. The predicted molar refractivity (Wildman–Crippen MR) is 78.1 cm³/mol. The Kier molecular flexibility index (Phi) is 4.21. The summed E-state index contributed by atoms with van der Waals surface area (Å²) in [5.41, 5.74) is 0.704. The van der Waals surface area contributed by atoms with E-state index in [1.807, 2.05) is 29.2 Å². The summed E-state index contributed by atoms with van der Waals surface area (Å²) in [6, 6.07) is 7.63. The first-order valence-electron chi connectivity index (χ1n) is 7.56. The fourth-order valence-electron chi connectivity index (χ4n) is 2.48. The third kappa shape index (κ3) is 3.31. The second-order valence-electron chi connectivity index (χ2n) is 5.65. The summed E-state index contributed by atoms with van der Waals surface area (Å²) < 4.78 is 5.84. The molecule has 20 heavy (non-hydrogen) atoms. The van der Waals surface area contributed by atoms with Crippen molar-refractivity contribution in [2.24, 2.45) is 5.92 Å². The van der Waals surface area contributed by atoms with Crippen molar-refractivity contribution in [3.63, 3.8) is 0 Å². The highest BCUT2D eigenvalue weighted by Gasteiger charge is 2.24. The van der Waals surface area contributed by atoms with Crippen molar-refractivity contribution in [3.05, 3.63) is 29.8 Å². The van der Waals surface area contributed by atoms with Gasteiger partial charge in [-0.15, -0.1) is 0 Å². The molecule has 2 aliphatic rings. The number of nitrogens with zero attached hydrogens (tertiary/aromatic N) is 1. The third-order valence-electron chi connectivity index (χ3n) is 3.92. The van der Waals surface area contributed by atoms with Gasteiger partial charge in [-0.05, 0) is 43.9 Å². The van der Waals surface area contributed by atoms with Crippen LogP contribution < -0.4 is 10.1 Å². The van der Waals surface area contributed by atoms with E-state index < -0.39 is 0 Å². The summed E-state index contributed by atoms with van der Waals surface area (Å²) in [6.45, 7) is 4.20. The summed E-state index contributed by atoms with van der Waals surface area (Å²) in [6.07, 6.45) is 3.53. The quantitative estimate of drug-likeness (QED) is 0.912. The molecule has 108 valence electrons. The fraction of sp³-hybridized carbons (Fsp3) is 0.562. The van der Waals surface area contributed by atoms with Crippen molar-refractivity contribution in [1.29, 1.82) is 0 Å². The molecule has 0 radical (unpaired) electrons. The Bertz CT molecular complexity index is 463. The van der Waals surface area contributed by atoms with Gasteiger partial charge in [-0.2, -0.15) is 0 Å². The monoisotopic (exact) mass is 274 g/mol. The first kappa shape index (κ1) is 13.4. The smallest absolute Gasteiger partial charge is 0.257 e. The van der Waals surface area contributed by atoms with Crippen LogP contribution in [0.15, 0.2) is 24.3 Å². The number of hydrogen-bond acceptors (Lipinski definition) is 3. The van der Waals surface area contributed by atoms with Crippen molar-refractivity contribution in [1.82, 2.24) is 10.2 Å². The van der Waals surface area contributed by atoms with E-state index in [1.54, 1.807) is 0 Å². The molecule has 1 amide bonds. The van der Waals surface area contributed by atoms with Crippen molar-refractivity contribution < 1.29 is 9.53 Å². The van der Waals surface area contributed by atoms with Crippen LogP contribution in [0.4, 0.5) is 0 Å². The minimum atomic E-state index is 0.0973. The summed E-state index contributed by atoms with van der Waals surface area (Å²) in [7, 11) is 0. The maximum atomic E-state index is 12.7. The van der Waals surface area contributed by atoms with E-state index in [4.69, 9.17) is 4.74 Å². The Morgan fingerprint density at radius 1 is 1.25 bits per heavy atom. The largest absolute Gasteiger partial charge is 0.492 e. The normalized spacial score (nSPS) is 19.5. The molecule has 0 unspecified atom stereocenters. The Hall–Kier alpha value is -1.55. The maximum absolute atomic E-state index is 12.7. The number of amides is 1. The molecule has 0 bridgehead atoms. The molecule has 1 aliphatic carbocycles. The zero-order valence-corrected chi connectivity index (χ0v) is 11.8. The average Bonchev–Trinajstić information content (AvgIpc) is 3.31. The number of hydrogen-bond donors (Lipinski definition) is 1. The second-order valence-corrected chi connectivity index (χ2v) is 5.65. The summed E-state index contributed by atoms with van der Waals surface area (Å²) in [5.74, 6) is 1.53. The highest BCUT2D eigenvalue weighted by molar-refractivity contribution is 5.97. The van der Waals surface area contributed by atoms with Gasteiger partial charge in [0.2, 0.25) is 0 Å². The molecule has 3 rings (SSSR count). The molecule has 1 aromatic rings. The first-order valence-corrected chi connectivity index (χ1v) is 7.56. The van der Waals surface area contributed by atoms with Gasteiger partial charge < -0.3 is 15.0 Å². The Balaban J connectivity index is 1.71. The minimum absolute atomic E-state index is 0.0973. The molecular formula is C16H22N2O2. The molecule has 4 nitrogen and oxygen atoms in total. The number of carbonyl (C=O) groups excluding carboxylic acids is 1. The molecule has 0 spiro atoms. The molecule has 0 atom stereocenters. The number of rotatable bonds is 4. The molecule has 1 aromatic carbocycles. The maximum Gasteiger partial charge on any atom is 0.257 e. The zero-order valence-electron chi connectivity index (χ0n) is 11.8. The van der Waals surface area contributed by atoms with Crippen LogP contribution in [0.25, 0.3) is 0 Å². The Labute approximate surface area is 120 Å². The summed E-state index contributed by atoms with van der Waals surface area (Å²) in [5, 5.41) is 3.32. The molecule has 1 N–H and O–H groups in total. The van der Waals surface area contributed by atoms with Crippen molar-refractivity contribution in [2.75, 3.05) is 32.8 Å². The lowest BCUT2D eigenvalue weighted by Gasteiger charge is -2.21. The van der Waals surface area contributed by atoms with Crippen LogP contribution in [0.3, 0.4) is 0 Å². The summed E-state index contributed by atoms with van der Waals surface area (Å²) >= 11 is 0. The van der Waals surface area contributed by atoms with E-state index in [0.29, 0.717) is 11.5 Å². The van der Waals surface area contributed by atoms with Crippen LogP contribution in [0.1, 0.15) is 29.6 Å². The van der Waals surface area contributed by atoms with Gasteiger partial charge in [-0.3, -0.25) is 4.79 Å². The SMILES string of the molecule is O=C(c1ccccc1OCC1CC1)N1CCCNCC1. The number of benzene rings is 1. The van der Waals surface area contributed by atoms with Crippen LogP contribution in [-0.2, 0) is 0 Å². The van der Waals surface area contributed by atoms with Gasteiger partial charge >= 0.3 is 0 Å². The van der Waals surface area contributed by atoms with Crippen molar-refractivity contribution >= 4 is 5.91 Å². The van der Waals surface area contributed by atoms with E-state index >= 15 is 0 Å². The van der Waals surface area contributed by atoms with E-state index in [2.05, 4.69) is 5.32 Å². The molecule has 2 fully saturated rings. The van der Waals surface area contributed by atoms with Crippen LogP contribution in [0.2, 0.25) is 0 Å². The van der Waals surface area contributed by atoms with Crippen LogP contribution in [-0.4, -0.2) is 43.6 Å². The summed E-state index contributed by atoms with van der Waals surface area (Å²) in [4.78, 5) is 14.6. The average molecular weight is 274 g/mol. The van der Waals surface area contributed by atoms with Crippen LogP contribution >= 0.6 is 0 Å². The minimum Gasteiger partial charge on any atom is -0.492 e. The molecule has 4 heteroatoms. The number of para-hydroxylation sites is 1. The van der Waals surface area contributed by atoms with E-state index in [-0.39, 0.29) is 5.91 Å². The number of carbonyl (C=O) groups is 1. The Morgan fingerprint density at radius 3 is 2.95 bits per heavy atom. The van der Waals surface area contributed by atoms with Crippen molar-refractivity contribution in [3.8, 4) is 5.75 Å². The highest BCUT2D eigenvalue weighted by atomic mass is 16.5. The number of ether oxygens (including phenoxy) is 1. The van der Waals surface area contributed by atoms with Gasteiger partial charge in [0.25, 0.3) is 5.91 Å². The second kappa shape index (κ2) is 6.27. The van der Waals surface area contributed by atoms with Crippen LogP contribution in [0.5, 0.6) is 5.75 Å². The molecule has 1 heterocycles. The number of nitrogens with one attached hydrogen (secondary N) is 1. The standard InChI is InChI=1S/C16H22N2O2/c19-16(18-10-3-8-17-9-11-18)14-4-1-2-5-15(14)20-12-13-6-7-13/h1-2,4-5,13,17H,3,6-12H2. The molecule has 1 aliphatic heterocycles. The topological polar surface area (TPSA) is 41.6 Å². The van der Waals surface area contributed by atoms with Gasteiger partial charge in [0.05, 0.1) is 12.2 Å². The lowest BCUT2D eigenvalue weighted by Crippen LogP contribution is -2.34. The molecule has 0 aromatic heterocycles. The highest BCUT2D eigenvalue weighted by Crippen LogP contribution is 2.30. The van der Waals surface area contributed by atoms with Gasteiger partial charge in [0.1, 0.15) is 5.75 Å². The van der Waals surface area contributed by atoms with Gasteiger partial charge in [0, 0.05) is 19.6 Å². The van der Waals surface area contributed by atoms with E-state index in [1.165, 1.54) is 12.8 Å².